The molecule has 0 atom stereocenters. The van der Waals surface area contributed by atoms with Crippen LogP contribution in [0.4, 0.5) is 0 Å². The van der Waals surface area contributed by atoms with Crippen molar-refractivity contribution >= 4 is 11.8 Å². The summed E-state index contributed by atoms with van der Waals surface area (Å²) in [5.41, 5.74) is 5.17. The van der Waals surface area contributed by atoms with Gasteiger partial charge in [-0.3, -0.25) is 9.59 Å². The lowest BCUT2D eigenvalue weighted by atomic mass is 10.1. The molecule has 1 heterocycles. The number of rotatable bonds is 5. The van der Waals surface area contributed by atoms with Gasteiger partial charge in [-0.05, 0) is 12.1 Å². The third-order valence-corrected chi connectivity index (χ3v) is 3.46. The third kappa shape index (κ3) is 4.75. The van der Waals surface area contributed by atoms with E-state index in [1.807, 2.05) is 30.3 Å². The highest BCUT2D eigenvalue weighted by Crippen LogP contribution is 2.18. The summed E-state index contributed by atoms with van der Waals surface area (Å²) < 4.78 is 5.87. The van der Waals surface area contributed by atoms with Gasteiger partial charge < -0.3 is 20.7 Å². The molecule has 21 heavy (non-hydrogen) atoms. The quantitative estimate of drug-likeness (QED) is 0.807. The van der Waals surface area contributed by atoms with Crippen LogP contribution in [-0.4, -0.2) is 49.0 Å². The summed E-state index contributed by atoms with van der Waals surface area (Å²) in [4.78, 5) is 24.7. The largest absolute Gasteiger partial charge is 0.490 e. The van der Waals surface area contributed by atoms with Crippen molar-refractivity contribution in [3.8, 4) is 5.75 Å². The van der Waals surface area contributed by atoms with Crippen LogP contribution in [-0.2, 0) is 9.59 Å². The minimum Gasteiger partial charge on any atom is -0.490 e. The van der Waals surface area contributed by atoms with Crippen LogP contribution in [0.25, 0.3) is 0 Å². The van der Waals surface area contributed by atoms with E-state index in [2.05, 4.69) is 5.32 Å². The second kappa shape index (κ2) is 7.64. The first-order valence-electron chi connectivity index (χ1n) is 7.15. The minimum absolute atomic E-state index is 0.0141. The van der Waals surface area contributed by atoms with Crippen molar-refractivity contribution < 1.29 is 14.3 Å². The number of nitrogens with two attached hydrogens (primary N) is 1. The minimum atomic E-state index is -0.314. The number of hydrogen-bond acceptors (Lipinski definition) is 4. The first kappa shape index (κ1) is 15.3. The number of likely N-dealkylation sites (tertiary alicyclic amines) is 1. The summed E-state index contributed by atoms with van der Waals surface area (Å²) in [7, 11) is 0. The molecule has 1 saturated heterocycles. The number of para-hydroxylation sites is 1. The normalized spacial score (nSPS) is 15.6. The lowest BCUT2D eigenvalue weighted by Gasteiger charge is -2.32. The molecule has 0 bridgehead atoms. The van der Waals surface area contributed by atoms with Crippen LogP contribution in [0, 0.1) is 0 Å². The van der Waals surface area contributed by atoms with E-state index in [9.17, 15) is 9.59 Å². The van der Waals surface area contributed by atoms with E-state index in [0.29, 0.717) is 13.1 Å². The molecule has 6 heteroatoms. The van der Waals surface area contributed by atoms with Gasteiger partial charge in [-0.25, -0.2) is 0 Å². The zero-order valence-corrected chi connectivity index (χ0v) is 12.0. The number of carbonyl (C=O) groups excluding carboxylic acids is 2. The molecular formula is C15H21N3O3. The predicted octanol–water partition coefficient (Wildman–Crippen LogP) is 0.131. The molecule has 1 aliphatic rings. The Morgan fingerprint density at radius 2 is 1.90 bits per heavy atom. The van der Waals surface area contributed by atoms with E-state index in [0.717, 1.165) is 18.6 Å². The Morgan fingerprint density at radius 1 is 1.24 bits per heavy atom. The molecule has 3 N–H and O–H groups in total. The number of nitrogens with zero attached hydrogens (tertiary/aromatic N) is 1. The fourth-order valence-corrected chi connectivity index (χ4v) is 2.27. The van der Waals surface area contributed by atoms with E-state index in [1.165, 1.54) is 0 Å². The molecule has 1 fully saturated rings. The van der Waals surface area contributed by atoms with Crippen molar-refractivity contribution in [2.24, 2.45) is 5.73 Å². The molecule has 2 rings (SSSR count). The van der Waals surface area contributed by atoms with Crippen molar-refractivity contribution in [3.05, 3.63) is 30.3 Å². The molecule has 0 radical (unpaired) electrons. The maximum Gasteiger partial charge on any atom is 0.241 e. The maximum absolute atomic E-state index is 11.9. The van der Waals surface area contributed by atoms with Gasteiger partial charge in [0.25, 0.3) is 0 Å². The lowest BCUT2D eigenvalue weighted by Crippen LogP contribution is -2.46. The summed E-state index contributed by atoms with van der Waals surface area (Å²) in [6, 6.07) is 9.69. The van der Waals surface area contributed by atoms with Crippen LogP contribution in [0.3, 0.4) is 0 Å². The molecule has 0 unspecified atom stereocenters. The molecule has 0 aromatic heterocycles. The average Bonchev–Trinajstić information content (AvgIpc) is 2.54. The molecular weight excluding hydrogens is 270 g/mol. The molecule has 1 aromatic carbocycles. The summed E-state index contributed by atoms with van der Waals surface area (Å²) in [6.07, 6.45) is 1.73. The zero-order chi connectivity index (χ0) is 15.1. The third-order valence-electron chi connectivity index (χ3n) is 3.46. The van der Waals surface area contributed by atoms with Crippen molar-refractivity contribution in [1.29, 1.82) is 0 Å². The van der Waals surface area contributed by atoms with Crippen molar-refractivity contribution in [3.63, 3.8) is 0 Å². The van der Waals surface area contributed by atoms with Gasteiger partial charge in [0, 0.05) is 25.9 Å². The molecule has 0 spiro atoms. The van der Waals surface area contributed by atoms with Crippen molar-refractivity contribution in [2.45, 2.75) is 18.9 Å². The summed E-state index contributed by atoms with van der Waals surface area (Å²) in [5, 5.41) is 2.49. The highest BCUT2D eigenvalue weighted by molar-refractivity contribution is 5.85. The monoisotopic (exact) mass is 291 g/mol. The zero-order valence-electron chi connectivity index (χ0n) is 12.0. The summed E-state index contributed by atoms with van der Waals surface area (Å²) >= 11 is 0. The predicted molar refractivity (Wildman–Crippen MR) is 78.7 cm³/mol. The highest BCUT2D eigenvalue weighted by atomic mass is 16.5. The van der Waals surface area contributed by atoms with Crippen LogP contribution >= 0.6 is 0 Å². The van der Waals surface area contributed by atoms with Gasteiger partial charge in [0.2, 0.25) is 11.8 Å². The van der Waals surface area contributed by atoms with Crippen molar-refractivity contribution in [2.75, 3.05) is 26.2 Å². The van der Waals surface area contributed by atoms with Crippen LogP contribution in [0.2, 0.25) is 0 Å². The fraction of sp³-hybridized carbons (Fsp3) is 0.467. The molecule has 1 aliphatic heterocycles. The van der Waals surface area contributed by atoms with Gasteiger partial charge in [-0.15, -0.1) is 0 Å². The summed E-state index contributed by atoms with van der Waals surface area (Å²) in [6.45, 7) is 1.21. The Balaban J connectivity index is 1.72. The SMILES string of the molecule is NCC(=O)NCC(=O)N1CCC(Oc2ccccc2)CC1. The van der Waals surface area contributed by atoms with Crippen LogP contribution in [0.5, 0.6) is 5.75 Å². The van der Waals surface area contributed by atoms with Gasteiger partial charge in [0.05, 0.1) is 13.1 Å². The van der Waals surface area contributed by atoms with Gasteiger partial charge in [-0.2, -0.15) is 0 Å². The van der Waals surface area contributed by atoms with Crippen LogP contribution < -0.4 is 15.8 Å². The number of amides is 2. The van der Waals surface area contributed by atoms with Gasteiger partial charge >= 0.3 is 0 Å². The molecule has 2 amide bonds. The molecule has 0 aliphatic carbocycles. The number of hydrogen-bond donors (Lipinski definition) is 2. The Morgan fingerprint density at radius 3 is 2.52 bits per heavy atom. The average molecular weight is 291 g/mol. The van der Waals surface area contributed by atoms with Crippen molar-refractivity contribution in [1.82, 2.24) is 10.2 Å². The van der Waals surface area contributed by atoms with Gasteiger partial charge in [-0.1, -0.05) is 18.2 Å². The molecule has 1 aromatic rings. The van der Waals surface area contributed by atoms with Crippen LogP contribution in [0.1, 0.15) is 12.8 Å². The van der Waals surface area contributed by atoms with E-state index in [1.54, 1.807) is 4.90 Å². The number of carbonyl (C=O) groups is 2. The second-order valence-corrected chi connectivity index (χ2v) is 4.99. The number of ether oxygens (including phenoxy) is 1. The Kier molecular flexibility index (Phi) is 5.57. The number of piperidine rings is 1. The van der Waals surface area contributed by atoms with E-state index in [-0.39, 0.29) is 31.0 Å². The standard InChI is InChI=1S/C15H21N3O3/c16-10-14(19)17-11-15(20)18-8-6-13(7-9-18)21-12-4-2-1-3-5-12/h1-5,13H,6-11,16H2,(H,17,19). The fourth-order valence-electron chi connectivity index (χ4n) is 2.27. The number of nitrogens with one attached hydrogen (secondary N) is 1. The van der Waals surface area contributed by atoms with E-state index in [4.69, 9.17) is 10.5 Å². The topological polar surface area (TPSA) is 84.7 Å². The van der Waals surface area contributed by atoms with Gasteiger partial charge in [0.1, 0.15) is 11.9 Å². The van der Waals surface area contributed by atoms with Gasteiger partial charge in [0.15, 0.2) is 0 Å². The maximum atomic E-state index is 11.9. The van der Waals surface area contributed by atoms with Crippen LogP contribution in [0.15, 0.2) is 30.3 Å². The number of benzene rings is 1. The highest BCUT2D eigenvalue weighted by Gasteiger charge is 2.23. The summed E-state index contributed by atoms with van der Waals surface area (Å²) in [5.74, 6) is 0.470. The first-order valence-corrected chi connectivity index (χ1v) is 7.15. The molecule has 0 saturated carbocycles. The molecule has 114 valence electrons. The second-order valence-electron chi connectivity index (χ2n) is 4.99. The van der Waals surface area contributed by atoms with E-state index < -0.39 is 0 Å². The molecule has 6 nitrogen and oxygen atoms in total. The Labute approximate surface area is 124 Å². The Bertz CT molecular complexity index is 470. The smallest absolute Gasteiger partial charge is 0.241 e. The van der Waals surface area contributed by atoms with E-state index >= 15 is 0 Å². The Hall–Kier alpha value is -2.08. The lowest BCUT2D eigenvalue weighted by molar-refractivity contribution is -0.134. The first-order chi connectivity index (χ1) is 10.2.